The number of hydrogen-bond acceptors (Lipinski definition) is 6. The van der Waals surface area contributed by atoms with E-state index in [0.29, 0.717) is 17.1 Å². The van der Waals surface area contributed by atoms with E-state index in [-0.39, 0.29) is 5.88 Å². The number of fused-ring (bicyclic) bond motifs is 2. The molecule has 19 heavy (non-hydrogen) atoms. The Morgan fingerprint density at radius 3 is 2.89 bits per heavy atom. The Labute approximate surface area is 107 Å². The van der Waals surface area contributed by atoms with Gasteiger partial charge in [-0.1, -0.05) is 12.1 Å². The highest BCUT2D eigenvalue weighted by Crippen LogP contribution is 2.26. The Hall–Kier alpha value is -2.83. The lowest BCUT2D eigenvalue weighted by Crippen LogP contribution is -2.30. The van der Waals surface area contributed by atoms with Gasteiger partial charge < -0.3 is 14.3 Å². The summed E-state index contributed by atoms with van der Waals surface area (Å²) < 4.78 is 10.9. The van der Waals surface area contributed by atoms with Crippen molar-refractivity contribution in [2.45, 2.75) is 0 Å². The highest BCUT2D eigenvalue weighted by Gasteiger charge is 2.28. The van der Waals surface area contributed by atoms with Crippen molar-refractivity contribution in [2.75, 3.05) is 7.11 Å². The van der Waals surface area contributed by atoms with Crippen molar-refractivity contribution in [3.05, 3.63) is 30.5 Å². The van der Waals surface area contributed by atoms with Crippen molar-refractivity contribution < 1.29 is 23.9 Å². The molecular formula is C12H8N2O5. The zero-order valence-corrected chi connectivity index (χ0v) is 9.82. The summed E-state index contributed by atoms with van der Waals surface area (Å²) in [6.07, 6.45) is 1.32. The van der Waals surface area contributed by atoms with Crippen molar-refractivity contribution in [1.82, 2.24) is 9.71 Å². The molecular weight excluding hydrogens is 252 g/mol. The lowest BCUT2D eigenvalue weighted by molar-refractivity contribution is -0.161. The first kappa shape index (κ1) is 11.3. The maximum atomic E-state index is 11.3. The molecule has 3 rings (SSSR count). The standard InChI is InChI=1S/C12H8N2O5/c1-17-8-4-2-3-7(5-8)10-13-9-6-14(10)19-12(16)11(15)18-9/h2-6H,1H3. The number of nitrogens with zero attached hydrogens (tertiary/aromatic N) is 2. The van der Waals surface area contributed by atoms with Crippen LogP contribution >= 0.6 is 0 Å². The molecule has 1 aromatic carbocycles. The van der Waals surface area contributed by atoms with Gasteiger partial charge in [-0.3, -0.25) is 0 Å². The Balaban J connectivity index is 2.07. The normalized spacial score (nSPS) is 13.5. The van der Waals surface area contributed by atoms with Crippen molar-refractivity contribution >= 4 is 11.9 Å². The van der Waals surface area contributed by atoms with Crippen LogP contribution in [0.2, 0.25) is 0 Å². The van der Waals surface area contributed by atoms with Gasteiger partial charge in [0.2, 0.25) is 5.88 Å². The highest BCUT2D eigenvalue weighted by molar-refractivity contribution is 6.30. The first-order valence-electron chi connectivity index (χ1n) is 5.35. The minimum atomic E-state index is -1.10. The lowest BCUT2D eigenvalue weighted by atomic mass is 10.2. The molecule has 0 N–H and O–H groups in total. The number of esters is 1. The van der Waals surface area contributed by atoms with Crippen LogP contribution < -0.4 is 14.3 Å². The number of methoxy groups -OCH3 is 1. The number of carbonyl (C=O) groups excluding carboxylic acids is 2. The van der Waals surface area contributed by atoms with Gasteiger partial charge in [-0.15, -0.1) is 0 Å². The van der Waals surface area contributed by atoms with E-state index in [9.17, 15) is 9.59 Å². The average molecular weight is 260 g/mol. The Morgan fingerprint density at radius 1 is 1.26 bits per heavy atom. The van der Waals surface area contributed by atoms with E-state index < -0.39 is 11.9 Å². The molecule has 0 saturated carbocycles. The van der Waals surface area contributed by atoms with E-state index in [1.807, 2.05) is 0 Å². The molecule has 7 nitrogen and oxygen atoms in total. The topological polar surface area (TPSA) is 79.7 Å². The molecule has 0 spiro atoms. The van der Waals surface area contributed by atoms with Gasteiger partial charge in [-0.05, 0) is 12.1 Å². The Kier molecular flexibility index (Phi) is 2.45. The number of ether oxygens (including phenoxy) is 2. The van der Waals surface area contributed by atoms with E-state index in [0.717, 1.165) is 4.73 Å². The molecule has 0 atom stereocenters. The van der Waals surface area contributed by atoms with Gasteiger partial charge in [0.15, 0.2) is 5.82 Å². The number of imidazole rings is 1. The van der Waals surface area contributed by atoms with Crippen LogP contribution in [-0.4, -0.2) is 28.8 Å². The molecule has 0 saturated heterocycles. The first-order chi connectivity index (χ1) is 9.17. The molecule has 0 unspecified atom stereocenters. The number of hydrogen-bond donors (Lipinski definition) is 0. The molecule has 0 amide bonds. The van der Waals surface area contributed by atoms with Gasteiger partial charge >= 0.3 is 11.9 Å². The molecule has 7 heteroatoms. The molecule has 1 aromatic heterocycles. The molecule has 0 fully saturated rings. The summed E-state index contributed by atoms with van der Waals surface area (Å²) in [7, 11) is 1.54. The van der Waals surface area contributed by atoms with Crippen LogP contribution in [0, 0.1) is 0 Å². The second kappa shape index (κ2) is 4.13. The third kappa shape index (κ3) is 1.90. The molecule has 2 bridgehead atoms. The number of carbonyl (C=O) groups is 2. The van der Waals surface area contributed by atoms with E-state index >= 15 is 0 Å². The van der Waals surface area contributed by atoms with E-state index in [1.165, 1.54) is 6.20 Å². The molecule has 2 heterocycles. The minimum Gasteiger partial charge on any atom is -0.497 e. The molecule has 0 radical (unpaired) electrons. The predicted molar refractivity (Wildman–Crippen MR) is 61.4 cm³/mol. The van der Waals surface area contributed by atoms with Gasteiger partial charge in [-0.2, -0.15) is 9.71 Å². The van der Waals surface area contributed by atoms with Crippen LogP contribution in [0.15, 0.2) is 30.5 Å². The van der Waals surface area contributed by atoms with Crippen LogP contribution in [0.5, 0.6) is 11.6 Å². The van der Waals surface area contributed by atoms with Crippen molar-refractivity contribution in [2.24, 2.45) is 0 Å². The van der Waals surface area contributed by atoms with Crippen LogP contribution in [0.3, 0.4) is 0 Å². The maximum absolute atomic E-state index is 11.3. The molecule has 0 aliphatic carbocycles. The highest BCUT2D eigenvalue weighted by atomic mass is 16.7. The monoisotopic (exact) mass is 260 g/mol. The lowest BCUT2D eigenvalue weighted by Gasteiger charge is -2.07. The smallest absolute Gasteiger partial charge is 0.442 e. The number of aromatic nitrogens is 2. The summed E-state index contributed by atoms with van der Waals surface area (Å²) >= 11 is 0. The Bertz CT molecular complexity index is 677. The van der Waals surface area contributed by atoms with Gasteiger partial charge in [0.05, 0.1) is 7.11 Å². The minimum absolute atomic E-state index is 0.00803. The van der Waals surface area contributed by atoms with E-state index in [4.69, 9.17) is 14.3 Å². The summed E-state index contributed by atoms with van der Waals surface area (Å²) in [6.45, 7) is 0. The summed E-state index contributed by atoms with van der Waals surface area (Å²) in [5, 5.41) is 0. The number of rotatable bonds is 2. The fourth-order valence-corrected chi connectivity index (χ4v) is 1.68. The predicted octanol–water partition coefficient (Wildman–Crippen LogP) is 0.433. The number of benzene rings is 1. The SMILES string of the molecule is COc1cccc(-c2nc3cn2OC(=O)C(=O)O3)c1. The third-order valence-electron chi connectivity index (χ3n) is 2.53. The molecule has 2 aromatic rings. The zero-order chi connectivity index (χ0) is 13.4. The Morgan fingerprint density at radius 2 is 2.11 bits per heavy atom. The van der Waals surface area contributed by atoms with E-state index in [1.54, 1.807) is 31.4 Å². The van der Waals surface area contributed by atoms with Crippen LogP contribution in [0.1, 0.15) is 0 Å². The van der Waals surface area contributed by atoms with Gasteiger partial charge in [0.1, 0.15) is 11.9 Å². The van der Waals surface area contributed by atoms with Crippen LogP contribution in [-0.2, 0) is 9.59 Å². The van der Waals surface area contributed by atoms with Crippen LogP contribution in [0.25, 0.3) is 11.4 Å². The molecule has 1 aliphatic rings. The van der Waals surface area contributed by atoms with Gasteiger partial charge in [0, 0.05) is 5.56 Å². The second-order valence-corrected chi connectivity index (χ2v) is 3.73. The summed E-state index contributed by atoms with van der Waals surface area (Å²) in [6, 6.07) is 7.03. The quantitative estimate of drug-likeness (QED) is 0.575. The van der Waals surface area contributed by atoms with Crippen molar-refractivity contribution in [3.8, 4) is 23.0 Å². The summed E-state index contributed by atoms with van der Waals surface area (Å²) in [5.74, 6) is -1.21. The zero-order valence-electron chi connectivity index (χ0n) is 9.82. The largest absolute Gasteiger partial charge is 0.497 e. The fourth-order valence-electron chi connectivity index (χ4n) is 1.68. The van der Waals surface area contributed by atoms with E-state index in [2.05, 4.69) is 4.98 Å². The maximum Gasteiger partial charge on any atom is 0.442 e. The first-order valence-corrected chi connectivity index (χ1v) is 5.35. The molecule has 1 aliphatic heterocycles. The fraction of sp³-hybridized carbons (Fsp3) is 0.0833. The van der Waals surface area contributed by atoms with Crippen molar-refractivity contribution in [3.63, 3.8) is 0 Å². The summed E-state index contributed by atoms with van der Waals surface area (Å²) in [5.41, 5.74) is 0.663. The van der Waals surface area contributed by atoms with Crippen molar-refractivity contribution in [1.29, 1.82) is 0 Å². The summed E-state index contributed by atoms with van der Waals surface area (Å²) in [4.78, 5) is 31.2. The van der Waals surface area contributed by atoms with Gasteiger partial charge in [-0.25, -0.2) is 9.59 Å². The molecule has 96 valence electrons. The second-order valence-electron chi connectivity index (χ2n) is 3.73. The average Bonchev–Trinajstić information content (AvgIpc) is 2.74. The van der Waals surface area contributed by atoms with Crippen LogP contribution in [0.4, 0.5) is 0 Å². The van der Waals surface area contributed by atoms with Gasteiger partial charge in [0.25, 0.3) is 0 Å². The third-order valence-corrected chi connectivity index (χ3v) is 2.53.